The summed E-state index contributed by atoms with van der Waals surface area (Å²) in [5.41, 5.74) is 0.206. The van der Waals surface area contributed by atoms with Crippen molar-refractivity contribution >= 4 is 5.91 Å². The summed E-state index contributed by atoms with van der Waals surface area (Å²) in [6.07, 6.45) is 14.1. The van der Waals surface area contributed by atoms with Crippen LogP contribution in [-0.2, 0) is 4.79 Å². The summed E-state index contributed by atoms with van der Waals surface area (Å²) >= 11 is 0. The molecule has 6 fully saturated rings. The van der Waals surface area contributed by atoms with Gasteiger partial charge in [0, 0.05) is 24.0 Å². The van der Waals surface area contributed by atoms with Crippen LogP contribution in [-0.4, -0.2) is 23.5 Å². The molecular formula is C19H30N2O. The Hall–Kier alpha value is -0.570. The third-order valence-electron chi connectivity index (χ3n) is 7.49. The van der Waals surface area contributed by atoms with Gasteiger partial charge in [-0.15, -0.1) is 0 Å². The summed E-state index contributed by atoms with van der Waals surface area (Å²) in [4.78, 5) is 12.7. The minimum Gasteiger partial charge on any atom is -0.351 e. The van der Waals surface area contributed by atoms with Crippen LogP contribution in [0.25, 0.3) is 0 Å². The van der Waals surface area contributed by atoms with E-state index in [2.05, 4.69) is 10.6 Å². The molecule has 2 N–H and O–H groups in total. The van der Waals surface area contributed by atoms with Crippen LogP contribution in [0.1, 0.15) is 70.6 Å². The molecule has 6 rings (SSSR count). The van der Waals surface area contributed by atoms with Gasteiger partial charge in [-0.3, -0.25) is 4.79 Å². The van der Waals surface area contributed by atoms with Crippen LogP contribution in [0.4, 0.5) is 0 Å². The highest BCUT2D eigenvalue weighted by Gasteiger charge is 2.51. The molecule has 122 valence electrons. The van der Waals surface area contributed by atoms with E-state index < -0.39 is 0 Å². The molecule has 2 atom stereocenters. The largest absolute Gasteiger partial charge is 0.351 e. The van der Waals surface area contributed by atoms with E-state index in [4.69, 9.17) is 0 Å². The molecule has 6 bridgehead atoms. The Morgan fingerprint density at radius 1 is 0.909 bits per heavy atom. The van der Waals surface area contributed by atoms with Gasteiger partial charge < -0.3 is 10.6 Å². The first-order valence-corrected chi connectivity index (χ1v) is 9.73. The fourth-order valence-electron chi connectivity index (χ4n) is 7.21. The normalized spacial score (nSPS) is 52.0. The van der Waals surface area contributed by atoms with Crippen molar-refractivity contribution in [3.63, 3.8) is 0 Å². The molecule has 6 aliphatic rings. The summed E-state index contributed by atoms with van der Waals surface area (Å²) in [5, 5.41) is 7.25. The summed E-state index contributed by atoms with van der Waals surface area (Å²) < 4.78 is 0. The van der Waals surface area contributed by atoms with Gasteiger partial charge in [-0.25, -0.2) is 0 Å². The van der Waals surface area contributed by atoms with Gasteiger partial charge in [-0.1, -0.05) is 0 Å². The van der Waals surface area contributed by atoms with Crippen molar-refractivity contribution in [1.82, 2.24) is 10.6 Å². The standard InChI is InChI=1S/C19H30N2O/c22-18(8-12-6-16-1-2-17(7-12)20-16)21-19-9-13-3-14(10-19)5-15(4-13)11-19/h12-17,20H,1-11H2,(H,21,22). The van der Waals surface area contributed by atoms with E-state index >= 15 is 0 Å². The second kappa shape index (κ2) is 4.96. The van der Waals surface area contributed by atoms with Crippen molar-refractivity contribution in [3.05, 3.63) is 0 Å². The first-order valence-electron chi connectivity index (χ1n) is 9.73. The van der Waals surface area contributed by atoms with Gasteiger partial charge in [-0.05, 0) is 87.9 Å². The smallest absolute Gasteiger partial charge is 0.220 e. The summed E-state index contributed by atoms with van der Waals surface area (Å²) in [5.74, 6) is 3.75. The van der Waals surface area contributed by atoms with Gasteiger partial charge in [0.25, 0.3) is 0 Å². The van der Waals surface area contributed by atoms with Crippen LogP contribution < -0.4 is 10.6 Å². The lowest BCUT2D eigenvalue weighted by molar-refractivity contribution is -0.128. The third-order valence-corrected chi connectivity index (χ3v) is 7.49. The minimum atomic E-state index is 0.206. The molecule has 4 saturated carbocycles. The summed E-state index contributed by atoms with van der Waals surface area (Å²) in [6.45, 7) is 0. The van der Waals surface area contributed by atoms with Gasteiger partial charge in [0.1, 0.15) is 0 Å². The number of fused-ring (bicyclic) bond motifs is 2. The van der Waals surface area contributed by atoms with Crippen molar-refractivity contribution in [3.8, 4) is 0 Å². The molecular weight excluding hydrogens is 272 g/mol. The van der Waals surface area contributed by atoms with Crippen LogP contribution in [0.2, 0.25) is 0 Å². The van der Waals surface area contributed by atoms with Gasteiger partial charge in [0.05, 0.1) is 0 Å². The number of carbonyl (C=O) groups excluding carboxylic acids is 1. The van der Waals surface area contributed by atoms with E-state index in [1.807, 2.05) is 0 Å². The van der Waals surface area contributed by atoms with Crippen molar-refractivity contribution < 1.29 is 4.79 Å². The molecule has 1 amide bonds. The van der Waals surface area contributed by atoms with Crippen LogP contribution in [0.5, 0.6) is 0 Å². The maximum Gasteiger partial charge on any atom is 0.220 e. The van der Waals surface area contributed by atoms with Crippen LogP contribution in [0, 0.1) is 23.7 Å². The molecule has 0 aromatic carbocycles. The Morgan fingerprint density at radius 3 is 2.00 bits per heavy atom. The molecule has 0 spiro atoms. The zero-order chi connectivity index (χ0) is 14.7. The predicted molar refractivity (Wildman–Crippen MR) is 86.3 cm³/mol. The Labute approximate surface area is 134 Å². The number of amides is 1. The molecule has 2 saturated heterocycles. The topological polar surface area (TPSA) is 41.1 Å². The van der Waals surface area contributed by atoms with E-state index in [9.17, 15) is 4.79 Å². The average molecular weight is 302 g/mol. The number of nitrogens with one attached hydrogen (secondary N) is 2. The third kappa shape index (κ3) is 2.40. The fourth-order valence-corrected chi connectivity index (χ4v) is 7.21. The van der Waals surface area contributed by atoms with E-state index in [1.54, 1.807) is 0 Å². The fraction of sp³-hybridized carbons (Fsp3) is 0.947. The van der Waals surface area contributed by atoms with Gasteiger partial charge in [0.15, 0.2) is 0 Å². The van der Waals surface area contributed by atoms with Crippen LogP contribution in [0.15, 0.2) is 0 Å². The monoisotopic (exact) mass is 302 g/mol. The molecule has 2 heterocycles. The Kier molecular flexibility index (Phi) is 3.12. The highest BCUT2D eigenvalue weighted by Crippen LogP contribution is 2.55. The van der Waals surface area contributed by atoms with Crippen LogP contribution in [0.3, 0.4) is 0 Å². The first-order chi connectivity index (χ1) is 10.7. The molecule has 2 unspecified atom stereocenters. The number of piperidine rings is 1. The quantitative estimate of drug-likeness (QED) is 0.841. The number of rotatable bonds is 3. The summed E-state index contributed by atoms with van der Waals surface area (Å²) in [6, 6.07) is 1.41. The van der Waals surface area contributed by atoms with Gasteiger partial charge >= 0.3 is 0 Å². The zero-order valence-electron chi connectivity index (χ0n) is 13.7. The number of hydrogen-bond donors (Lipinski definition) is 2. The lowest BCUT2D eigenvalue weighted by Crippen LogP contribution is -2.60. The van der Waals surface area contributed by atoms with E-state index in [-0.39, 0.29) is 5.54 Å². The van der Waals surface area contributed by atoms with Crippen LogP contribution >= 0.6 is 0 Å². The van der Waals surface area contributed by atoms with E-state index in [0.717, 1.165) is 24.2 Å². The Morgan fingerprint density at radius 2 is 1.45 bits per heavy atom. The lowest BCUT2D eigenvalue weighted by Gasteiger charge is -2.57. The lowest BCUT2D eigenvalue weighted by atomic mass is 9.53. The summed E-state index contributed by atoms with van der Waals surface area (Å²) in [7, 11) is 0. The van der Waals surface area contributed by atoms with Crippen molar-refractivity contribution in [2.75, 3.05) is 0 Å². The number of hydrogen-bond acceptors (Lipinski definition) is 2. The minimum absolute atomic E-state index is 0.206. The molecule has 2 aliphatic heterocycles. The molecule has 3 heteroatoms. The van der Waals surface area contributed by atoms with Gasteiger partial charge in [-0.2, -0.15) is 0 Å². The maximum absolute atomic E-state index is 12.7. The molecule has 22 heavy (non-hydrogen) atoms. The number of carbonyl (C=O) groups is 1. The highest BCUT2D eigenvalue weighted by molar-refractivity contribution is 5.77. The zero-order valence-corrected chi connectivity index (χ0v) is 13.7. The van der Waals surface area contributed by atoms with E-state index in [0.29, 0.717) is 23.9 Å². The van der Waals surface area contributed by atoms with Gasteiger partial charge in [0.2, 0.25) is 5.91 Å². The SMILES string of the molecule is O=C(CC1CC2CCC(C1)N2)NC12CC3CC(CC(C3)C1)C2. The Bertz CT molecular complexity index is 427. The second-order valence-electron chi connectivity index (χ2n) is 9.43. The molecule has 0 aromatic heterocycles. The second-order valence-corrected chi connectivity index (χ2v) is 9.43. The molecule has 0 radical (unpaired) electrons. The van der Waals surface area contributed by atoms with Crippen molar-refractivity contribution in [2.45, 2.75) is 88.3 Å². The van der Waals surface area contributed by atoms with Crippen molar-refractivity contribution in [1.29, 1.82) is 0 Å². The van der Waals surface area contributed by atoms with Crippen molar-refractivity contribution in [2.24, 2.45) is 23.7 Å². The Balaban J connectivity index is 1.22. The molecule has 4 aliphatic carbocycles. The predicted octanol–water partition coefficient (Wildman–Crippen LogP) is 2.99. The van der Waals surface area contributed by atoms with E-state index in [1.165, 1.54) is 64.2 Å². The molecule has 0 aromatic rings. The average Bonchev–Trinajstić information content (AvgIpc) is 2.75. The maximum atomic E-state index is 12.7. The first kappa shape index (κ1) is 13.8. The highest BCUT2D eigenvalue weighted by atomic mass is 16.1. The molecule has 3 nitrogen and oxygen atoms in total.